The molecule has 0 N–H and O–H groups in total. The average Bonchev–Trinajstić information content (AvgIpc) is 1.98. The van der Waals surface area contributed by atoms with E-state index in [0.29, 0.717) is 0 Å². The highest BCUT2D eigenvalue weighted by atomic mass is 79.9. The van der Waals surface area contributed by atoms with Crippen molar-refractivity contribution in [2.24, 2.45) is 0 Å². The molecule has 0 spiro atoms. The summed E-state index contributed by atoms with van der Waals surface area (Å²) in [7, 11) is 4.25. The van der Waals surface area contributed by atoms with Crippen molar-refractivity contribution in [2.75, 3.05) is 40.3 Å². The van der Waals surface area contributed by atoms with Crippen molar-refractivity contribution >= 4 is 17.0 Å². The van der Waals surface area contributed by atoms with Crippen molar-refractivity contribution in [3.05, 3.63) is 0 Å². The minimum Gasteiger partial charge on any atom is -0.309 e. The van der Waals surface area contributed by atoms with E-state index in [2.05, 4.69) is 37.7 Å². The molecule has 0 rings (SSSR count). The smallest absolute Gasteiger partial charge is 0.000678 e. The van der Waals surface area contributed by atoms with Gasteiger partial charge in [-0.15, -0.1) is 17.0 Å². The number of hydrogen-bond acceptors (Lipinski definition) is 2. The largest absolute Gasteiger partial charge is 0.309 e. The first kappa shape index (κ1) is 14.9. The summed E-state index contributed by atoms with van der Waals surface area (Å²) in [6.07, 6.45) is 1.29. The number of hydrogen-bond donors (Lipinski definition) is 0. The van der Waals surface area contributed by atoms with E-state index < -0.39 is 0 Å². The van der Waals surface area contributed by atoms with Crippen LogP contribution in [0.1, 0.15) is 20.3 Å². The predicted molar refractivity (Wildman–Crippen MR) is 61.3 cm³/mol. The van der Waals surface area contributed by atoms with Gasteiger partial charge in [0.05, 0.1) is 0 Å². The second-order valence-corrected chi connectivity index (χ2v) is 3.18. The van der Waals surface area contributed by atoms with Crippen molar-refractivity contribution in [1.82, 2.24) is 9.80 Å². The van der Waals surface area contributed by atoms with E-state index in [9.17, 15) is 0 Å². The maximum absolute atomic E-state index is 2.46. The Morgan fingerprint density at radius 1 is 0.917 bits per heavy atom. The lowest BCUT2D eigenvalue weighted by molar-refractivity contribution is 0.278. The molecule has 0 unspecified atom stereocenters. The van der Waals surface area contributed by atoms with Gasteiger partial charge in [0.1, 0.15) is 0 Å². The van der Waals surface area contributed by atoms with Crippen LogP contribution in [0.4, 0.5) is 0 Å². The minimum atomic E-state index is 0. The van der Waals surface area contributed by atoms with E-state index in [-0.39, 0.29) is 17.0 Å². The van der Waals surface area contributed by atoms with E-state index in [4.69, 9.17) is 0 Å². The van der Waals surface area contributed by atoms with E-state index in [1.165, 1.54) is 32.6 Å². The Morgan fingerprint density at radius 2 is 1.42 bits per heavy atom. The molecule has 0 aromatic carbocycles. The Morgan fingerprint density at radius 3 is 1.75 bits per heavy atom. The van der Waals surface area contributed by atoms with Crippen LogP contribution >= 0.6 is 17.0 Å². The zero-order valence-corrected chi connectivity index (χ0v) is 10.6. The zero-order chi connectivity index (χ0) is 8.69. The quantitative estimate of drug-likeness (QED) is 0.698. The molecule has 0 aliphatic heterocycles. The Hall–Kier alpha value is 0.400. The summed E-state index contributed by atoms with van der Waals surface area (Å²) in [5.74, 6) is 0. The molecule has 0 radical (unpaired) electrons. The van der Waals surface area contributed by atoms with Gasteiger partial charge in [0.25, 0.3) is 0 Å². The third kappa shape index (κ3) is 8.50. The molecule has 2 nitrogen and oxygen atoms in total. The summed E-state index contributed by atoms with van der Waals surface area (Å²) < 4.78 is 0. The second-order valence-electron chi connectivity index (χ2n) is 3.18. The summed E-state index contributed by atoms with van der Waals surface area (Å²) in [5, 5.41) is 0. The van der Waals surface area contributed by atoms with Crippen molar-refractivity contribution in [1.29, 1.82) is 0 Å². The normalized spacial score (nSPS) is 10.5. The molecule has 0 aromatic rings. The number of halogens is 1. The maximum Gasteiger partial charge on any atom is -0.000678 e. The third-order valence-corrected chi connectivity index (χ3v) is 1.97. The molecular formula is C9H23BrN2. The summed E-state index contributed by atoms with van der Waals surface area (Å²) in [6.45, 7) is 9.26. The molecule has 0 amide bonds. The minimum absolute atomic E-state index is 0. The first-order valence-electron chi connectivity index (χ1n) is 4.57. The topological polar surface area (TPSA) is 6.48 Å². The highest BCUT2D eigenvalue weighted by molar-refractivity contribution is 8.93. The molecule has 0 saturated heterocycles. The lowest BCUT2D eigenvalue weighted by Gasteiger charge is -2.18. The Labute approximate surface area is 87.7 Å². The van der Waals surface area contributed by atoms with Crippen LogP contribution in [0.2, 0.25) is 0 Å². The molecule has 0 bridgehead atoms. The molecule has 12 heavy (non-hydrogen) atoms. The second kappa shape index (κ2) is 9.49. The van der Waals surface area contributed by atoms with Crippen LogP contribution in [0.5, 0.6) is 0 Å². The molecule has 0 heterocycles. The SMILES string of the molecule is Br.CCN(CC)CCCN(C)C. The van der Waals surface area contributed by atoms with Crippen molar-refractivity contribution in [3.63, 3.8) is 0 Å². The fourth-order valence-electron chi connectivity index (χ4n) is 1.15. The summed E-state index contributed by atoms with van der Waals surface area (Å²) in [6, 6.07) is 0. The summed E-state index contributed by atoms with van der Waals surface area (Å²) in [5.41, 5.74) is 0. The highest BCUT2D eigenvalue weighted by Crippen LogP contribution is 1.91. The monoisotopic (exact) mass is 238 g/mol. The summed E-state index contributed by atoms with van der Waals surface area (Å²) in [4.78, 5) is 4.70. The van der Waals surface area contributed by atoms with Crippen LogP contribution in [0.15, 0.2) is 0 Å². The molecule has 0 fully saturated rings. The van der Waals surface area contributed by atoms with Crippen LogP contribution in [-0.2, 0) is 0 Å². The first-order chi connectivity index (χ1) is 5.20. The van der Waals surface area contributed by atoms with Gasteiger partial charge in [0, 0.05) is 0 Å². The van der Waals surface area contributed by atoms with E-state index in [1.807, 2.05) is 0 Å². The van der Waals surface area contributed by atoms with Gasteiger partial charge in [0.15, 0.2) is 0 Å². The van der Waals surface area contributed by atoms with Crippen LogP contribution in [0.3, 0.4) is 0 Å². The predicted octanol–water partition coefficient (Wildman–Crippen LogP) is 1.86. The Kier molecular flexibility index (Phi) is 11.8. The first-order valence-corrected chi connectivity index (χ1v) is 4.57. The van der Waals surface area contributed by atoms with E-state index >= 15 is 0 Å². The molecule has 0 aromatic heterocycles. The van der Waals surface area contributed by atoms with Gasteiger partial charge in [-0.2, -0.15) is 0 Å². The van der Waals surface area contributed by atoms with Crippen LogP contribution in [0, 0.1) is 0 Å². The van der Waals surface area contributed by atoms with Crippen LogP contribution < -0.4 is 0 Å². The van der Waals surface area contributed by atoms with E-state index in [1.54, 1.807) is 0 Å². The van der Waals surface area contributed by atoms with Gasteiger partial charge in [-0.25, -0.2) is 0 Å². The standard InChI is InChI=1S/C9H22N2.BrH/c1-5-11(6-2)9-7-8-10(3)4;/h5-9H2,1-4H3;1H. The van der Waals surface area contributed by atoms with Gasteiger partial charge >= 0.3 is 0 Å². The van der Waals surface area contributed by atoms with Crippen LogP contribution in [0.25, 0.3) is 0 Å². The Balaban J connectivity index is 0. The fraction of sp³-hybridized carbons (Fsp3) is 1.00. The molecule has 3 heteroatoms. The summed E-state index contributed by atoms with van der Waals surface area (Å²) >= 11 is 0. The third-order valence-electron chi connectivity index (χ3n) is 1.97. The molecule has 0 atom stereocenters. The molecule has 0 aliphatic rings. The van der Waals surface area contributed by atoms with Crippen LogP contribution in [-0.4, -0.2) is 50.1 Å². The average molecular weight is 239 g/mol. The van der Waals surface area contributed by atoms with Gasteiger partial charge in [0.2, 0.25) is 0 Å². The van der Waals surface area contributed by atoms with Crippen molar-refractivity contribution < 1.29 is 0 Å². The lowest BCUT2D eigenvalue weighted by atomic mass is 10.3. The van der Waals surface area contributed by atoms with Gasteiger partial charge < -0.3 is 9.80 Å². The molecular weight excluding hydrogens is 216 g/mol. The highest BCUT2D eigenvalue weighted by Gasteiger charge is 1.97. The van der Waals surface area contributed by atoms with Gasteiger partial charge in [-0.05, 0) is 46.7 Å². The number of nitrogens with zero attached hydrogens (tertiary/aromatic N) is 2. The maximum atomic E-state index is 2.46. The zero-order valence-electron chi connectivity index (χ0n) is 8.84. The van der Waals surface area contributed by atoms with E-state index in [0.717, 1.165) is 0 Å². The van der Waals surface area contributed by atoms with Crippen molar-refractivity contribution in [3.8, 4) is 0 Å². The van der Waals surface area contributed by atoms with Gasteiger partial charge in [-0.1, -0.05) is 13.8 Å². The van der Waals surface area contributed by atoms with Gasteiger partial charge in [-0.3, -0.25) is 0 Å². The molecule has 76 valence electrons. The fourth-order valence-corrected chi connectivity index (χ4v) is 1.15. The lowest BCUT2D eigenvalue weighted by Crippen LogP contribution is -2.26. The number of rotatable bonds is 6. The molecule has 0 aliphatic carbocycles. The van der Waals surface area contributed by atoms with Crippen molar-refractivity contribution in [2.45, 2.75) is 20.3 Å². The molecule has 0 saturated carbocycles. The Bertz CT molecular complexity index is 82.6.